The highest BCUT2D eigenvalue weighted by Gasteiger charge is 2.25. The van der Waals surface area contributed by atoms with E-state index in [4.69, 9.17) is 9.15 Å². The second-order valence-corrected chi connectivity index (χ2v) is 6.50. The van der Waals surface area contributed by atoms with Gasteiger partial charge in [0.25, 0.3) is 0 Å². The standard InChI is InChI=1S/C18H27NO2/c1-6-19-12-16-17(18(2,3)4)14-11-13(9-10-20-5)7-8-15(14)21-16/h7-8,11,19H,6,9-10,12H2,1-5H3. The third-order valence-corrected chi connectivity index (χ3v) is 3.71. The van der Waals surface area contributed by atoms with Crippen molar-refractivity contribution in [1.29, 1.82) is 0 Å². The van der Waals surface area contributed by atoms with Gasteiger partial charge in [0, 0.05) is 18.1 Å². The van der Waals surface area contributed by atoms with Crippen LogP contribution in [0.2, 0.25) is 0 Å². The largest absolute Gasteiger partial charge is 0.459 e. The summed E-state index contributed by atoms with van der Waals surface area (Å²) in [5.41, 5.74) is 3.66. The summed E-state index contributed by atoms with van der Waals surface area (Å²) in [7, 11) is 1.74. The van der Waals surface area contributed by atoms with Gasteiger partial charge in [-0.05, 0) is 36.1 Å². The van der Waals surface area contributed by atoms with E-state index < -0.39 is 0 Å². The second kappa shape index (κ2) is 6.63. The predicted molar refractivity (Wildman–Crippen MR) is 87.9 cm³/mol. The maximum Gasteiger partial charge on any atom is 0.134 e. The number of nitrogens with one attached hydrogen (secondary N) is 1. The van der Waals surface area contributed by atoms with Crippen LogP contribution in [-0.2, 0) is 23.1 Å². The number of hydrogen-bond donors (Lipinski definition) is 1. The van der Waals surface area contributed by atoms with E-state index in [1.165, 1.54) is 16.5 Å². The molecule has 0 saturated carbocycles. The first-order valence-electron chi connectivity index (χ1n) is 7.71. The number of rotatable bonds is 6. The third kappa shape index (κ3) is 3.66. The van der Waals surface area contributed by atoms with E-state index >= 15 is 0 Å². The van der Waals surface area contributed by atoms with Crippen molar-refractivity contribution in [2.75, 3.05) is 20.3 Å². The molecule has 0 unspecified atom stereocenters. The van der Waals surface area contributed by atoms with Gasteiger partial charge in [-0.3, -0.25) is 0 Å². The van der Waals surface area contributed by atoms with Crippen molar-refractivity contribution in [3.05, 3.63) is 35.1 Å². The molecule has 1 aromatic heterocycles. The van der Waals surface area contributed by atoms with Gasteiger partial charge >= 0.3 is 0 Å². The first-order chi connectivity index (χ1) is 9.97. The molecule has 0 atom stereocenters. The van der Waals surface area contributed by atoms with E-state index in [0.29, 0.717) is 0 Å². The predicted octanol–water partition coefficient (Wildman–Crippen LogP) is 4.03. The highest BCUT2D eigenvalue weighted by atomic mass is 16.5. The summed E-state index contributed by atoms with van der Waals surface area (Å²) in [4.78, 5) is 0. The molecule has 3 nitrogen and oxygen atoms in total. The van der Waals surface area contributed by atoms with E-state index in [9.17, 15) is 0 Å². The number of benzene rings is 1. The normalized spacial score (nSPS) is 12.2. The van der Waals surface area contributed by atoms with Gasteiger partial charge in [0.05, 0.1) is 13.2 Å². The van der Waals surface area contributed by atoms with Gasteiger partial charge < -0.3 is 14.5 Å². The average molecular weight is 289 g/mol. The quantitative estimate of drug-likeness (QED) is 0.872. The minimum absolute atomic E-state index is 0.0654. The highest BCUT2D eigenvalue weighted by Crippen LogP contribution is 2.36. The topological polar surface area (TPSA) is 34.4 Å². The zero-order chi connectivity index (χ0) is 15.5. The summed E-state index contributed by atoms with van der Waals surface area (Å²) >= 11 is 0. The first kappa shape index (κ1) is 16.1. The maximum atomic E-state index is 6.09. The van der Waals surface area contributed by atoms with Crippen LogP contribution in [-0.4, -0.2) is 20.3 Å². The molecule has 21 heavy (non-hydrogen) atoms. The lowest BCUT2D eigenvalue weighted by Gasteiger charge is -2.19. The minimum atomic E-state index is 0.0654. The Morgan fingerprint density at radius 1 is 1.24 bits per heavy atom. The lowest BCUT2D eigenvalue weighted by Crippen LogP contribution is -2.18. The molecule has 0 aliphatic carbocycles. The number of methoxy groups -OCH3 is 1. The Balaban J connectivity index is 2.49. The minimum Gasteiger partial charge on any atom is -0.459 e. The lowest BCUT2D eigenvalue weighted by molar-refractivity contribution is 0.202. The van der Waals surface area contributed by atoms with Crippen LogP contribution in [0.15, 0.2) is 22.6 Å². The molecule has 2 rings (SSSR count). The van der Waals surface area contributed by atoms with Crippen molar-refractivity contribution in [3.8, 4) is 0 Å². The van der Waals surface area contributed by atoms with Gasteiger partial charge in [0.15, 0.2) is 0 Å². The van der Waals surface area contributed by atoms with Crippen LogP contribution in [0.5, 0.6) is 0 Å². The van der Waals surface area contributed by atoms with Crippen molar-refractivity contribution in [1.82, 2.24) is 5.32 Å². The summed E-state index contributed by atoms with van der Waals surface area (Å²) in [6, 6.07) is 6.48. The molecule has 1 N–H and O–H groups in total. The molecular weight excluding hydrogens is 262 g/mol. The average Bonchev–Trinajstić information content (AvgIpc) is 2.80. The molecule has 0 aliphatic heterocycles. The smallest absolute Gasteiger partial charge is 0.134 e. The Bertz CT molecular complexity index is 593. The van der Waals surface area contributed by atoms with Gasteiger partial charge in [-0.1, -0.05) is 33.8 Å². The molecule has 2 aromatic rings. The molecule has 116 valence electrons. The van der Waals surface area contributed by atoms with Gasteiger partial charge in [0.2, 0.25) is 0 Å². The molecule has 1 heterocycles. The summed E-state index contributed by atoms with van der Waals surface area (Å²) in [5, 5.41) is 4.61. The fraction of sp³-hybridized carbons (Fsp3) is 0.556. The summed E-state index contributed by atoms with van der Waals surface area (Å²) in [6.07, 6.45) is 0.934. The van der Waals surface area contributed by atoms with E-state index in [1.54, 1.807) is 7.11 Å². The molecular formula is C18H27NO2. The van der Waals surface area contributed by atoms with Crippen LogP contribution in [0.4, 0.5) is 0 Å². The lowest BCUT2D eigenvalue weighted by atomic mass is 9.84. The Morgan fingerprint density at radius 2 is 2.00 bits per heavy atom. The van der Waals surface area contributed by atoms with E-state index in [2.05, 4.69) is 51.2 Å². The first-order valence-corrected chi connectivity index (χ1v) is 7.71. The molecule has 0 bridgehead atoms. The molecule has 0 fully saturated rings. The molecule has 0 radical (unpaired) electrons. The zero-order valence-electron chi connectivity index (χ0n) is 13.9. The summed E-state index contributed by atoms with van der Waals surface area (Å²) in [6.45, 7) is 11.3. The fourth-order valence-electron chi connectivity index (χ4n) is 2.76. The Hall–Kier alpha value is -1.32. The van der Waals surface area contributed by atoms with Crippen LogP contribution >= 0.6 is 0 Å². The van der Waals surface area contributed by atoms with Gasteiger partial charge in [-0.15, -0.1) is 0 Å². The van der Waals surface area contributed by atoms with Gasteiger partial charge in [0.1, 0.15) is 11.3 Å². The van der Waals surface area contributed by atoms with Crippen molar-refractivity contribution >= 4 is 11.0 Å². The van der Waals surface area contributed by atoms with Gasteiger partial charge in [-0.2, -0.15) is 0 Å². The molecule has 0 amide bonds. The van der Waals surface area contributed by atoms with Crippen molar-refractivity contribution in [2.45, 2.75) is 46.1 Å². The Kier molecular flexibility index (Phi) is 5.07. The number of ether oxygens (including phenoxy) is 1. The molecule has 1 aromatic carbocycles. The van der Waals surface area contributed by atoms with Crippen molar-refractivity contribution in [2.24, 2.45) is 0 Å². The van der Waals surface area contributed by atoms with Crippen LogP contribution in [0.1, 0.15) is 44.6 Å². The number of furan rings is 1. The number of fused-ring (bicyclic) bond motifs is 1. The Morgan fingerprint density at radius 3 is 2.62 bits per heavy atom. The SMILES string of the molecule is CCNCc1oc2ccc(CCOC)cc2c1C(C)(C)C. The highest BCUT2D eigenvalue weighted by molar-refractivity contribution is 5.84. The van der Waals surface area contributed by atoms with E-state index in [-0.39, 0.29) is 5.41 Å². The summed E-state index contributed by atoms with van der Waals surface area (Å²) < 4.78 is 11.3. The zero-order valence-corrected chi connectivity index (χ0v) is 13.9. The Labute approximate surface area is 127 Å². The van der Waals surface area contributed by atoms with Crippen molar-refractivity contribution < 1.29 is 9.15 Å². The maximum absolute atomic E-state index is 6.09. The summed E-state index contributed by atoms with van der Waals surface area (Å²) in [5.74, 6) is 1.06. The fourth-order valence-corrected chi connectivity index (χ4v) is 2.76. The molecule has 0 spiro atoms. The van der Waals surface area contributed by atoms with E-state index in [1.807, 2.05) is 0 Å². The molecule has 0 saturated heterocycles. The van der Waals surface area contributed by atoms with Crippen LogP contribution in [0, 0.1) is 0 Å². The van der Waals surface area contributed by atoms with Gasteiger partial charge in [-0.25, -0.2) is 0 Å². The number of hydrogen-bond acceptors (Lipinski definition) is 3. The second-order valence-electron chi connectivity index (χ2n) is 6.50. The monoisotopic (exact) mass is 289 g/mol. The van der Waals surface area contributed by atoms with E-state index in [0.717, 1.165) is 37.5 Å². The van der Waals surface area contributed by atoms with Crippen LogP contribution in [0.25, 0.3) is 11.0 Å². The van der Waals surface area contributed by atoms with Crippen LogP contribution in [0.3, 0.4) is 0 Å². The molecule has 0 aliphatic rings. The van der Waals surface area contributed by atoms with Crippen LogP contribution < -0.4 is 5.32 Å². The third-order valence-electron chi connectivity index (χ3n) is 3.71. The van der Waals surface area contributed by atoms with Crippen molar-refractivity contribution in [3.63, 3.8) is 0 Å². The molecule has 3 heteroatoms.